The van der Waals surface area contributed by atoms with E-state index in [-0.39, 0.29) is 5.91 Å². The summed E-state index contributed by atoms with van der Waals surface area (Å²) in [6.07, 6.45) is -1.92. The second kappa shape index (κ2) is 10.7. The van der Waals surface area contributed by atoms with E-state index < -0.39 is 18.6 Å². The maximum atomic E-state index is 12.8. The summed E-state index contributed by atoms with van der Waals surface area (Å²) in [4.78, 5) is 18.7. The summed E-state index contributed by atoms with van der Waals surface area (Å²) >= 11 is 11.9. The first kappa shape index (κ1) is 24.6. The highest BCUT2D eigenvalue weighted by atomic mass is 35.5. The van der Waals surface area contributed by atoms with Gasteiger partial charge in [0.2, 0.25) is 0 Å². The van der Waals surface area contributed by atoms with Crippen molar-refractivity contribution in [3.05, 3.63) is 52.1 Å². The van der Waals surface area contributed by atoms with Gasteiger partial charge < -0.3 is 15.5 Å². The van der Waals surface area contributed by atoms with Gasteiger partial charge in [0.15, 0.2) is 0 Å². The van der Waals surface area contributed by atoms with Gasteiger partial charge in [-0.25, -0.2) is 4.98 Å². The van der Waals surface area contributed by atoms with Crippen molar-refractivity contribution in [2.24, 2.45) is 5.92 Å². The van der Waals surface area contributed by atoms with E-state index >= 15 is 0 Å². The zero-order valence-electron chi connectivity index (χ0n) is 17.6. The third kappa shape index (κ3) is 7.25. The number of hydrogen-bond donors (Lipinski definition) is 2. The summed E-state index contributed by atoms with van der Waals surface area (Å²) in [6, 6.07) is 7.73. The summed E-state index contributed by atoms with van der Waals surface area (Å²) in [5.41, 5.74) is 1.01. The number of nitrogens with zero attached hydrogens (tertiary/aromatic N) is 2. The fourth-order valence-electron chi connectivity index (χ4n) is 3.81. The second-order valence-corrected chi connectivity index (χ2v) is 8.91. The molecule has 5 nitrogen and oxygen atoms in total. The van der Waals surface area contributed by atoms with Gasteiger partial charge >= 0.3 is 6.18 Å². The van der Waals surface area contributed by atoms with Crippen LogP contribution in [0, 0.1) is 5.92 Å². The normalized spacial score (nSPS) is 16.6. The number of rotatable bonds is 7. The summed E-state index contributed by atoms with van der Waals surface area (Å²) in [5.74, 6) is 0.306. The number of anilines is 2. The molecule has 10 heteroatoms. The van der Waals surface area contributed by atoms with Crippen molar-refractivity contribution >= 4 is 40.6 Å². The molecule has 2 aromatic rings. The number of pyridine rings is 1. The van der Waals surface area contributed by atoms with Gasteiger partial charge in [0.25, 0.3) is 5.91 Å². The zero-order valence-corrected chi connectivity index (χ0v) is 19.1. The Morgan fingerprint density at radius 3 is 2.50 bits per heavy atom. The molecule has 0 saturated carbocycles. The van der Waals surface area contributed by atoms with Crippen LogP contribution in [-0.2, 0) is 0 Å². The maximum absolute atomic E-state index is 12.8. The lowest BCUT2D eigenvalue weighted by Crippen LogP contribution is -2.43. The molecular weight excluding hydrogens is 464 g/mol. The number of alkyl halides is 3. The van der Waals surface area contributed by atoms with Gasteiger partial charge in [-0.2, -0.15) is 13.2 Å². The molecule has 1 saturated heterocycles. The van der Waals surface area contributed by atoms with Crippen LogP contribution in [0.15, 0.2) is 36.5 Å². The van der Waals surface area contributed by atoms with E-state index in [0.29, 0.717) is 52.7 Å². The molecule has 1 aromatic heterocycles. The van der Waals surface area contributed by atoms with Gasteiger partial charge in [-0.1, -0.05) is 23.2 Å². The molecule has 1 aliphatic heterocycles. The van der Waals surface area contributed by atoms with Gasteiger partial charge in [0.05, 0.1) is 17.0 Å². The number of aromatic nitrogens is 1. The van der Waals surface area contributed by atoms with E-state index in [1.54, 1.807) is 37.3 Å². The van der Waals surface area contributed by atoms with E-state index in [4.69, 9.17) is 23.2 Å². The number of amides is 1. The van der Waals surface area contributed by atoms with Crippen molar-refractivity contribution in [1.29, 1.82) is 0 Å². The smallest absolute Gasteiger partial charge is 0.384 e. The van der Waals surface area contributed by atoms with E-state index in [1.165, 1.54) is 6.20 Å². The molecule has 0 aliphatic carbocycles. The molecule has 3 rings (SSSR count). The number of benzene rings is 1. The fourth-order valence-corrected chi connectivity index (χ4v) is 4.09. The predicted octanol–water partition coefficient (Wildman–Crippen LogP) is 6.11. The average molecular weight is 489 g/mol. The first-order chi connectivity index (χ1) is 15.1. The minimum absolute atomic E-state index is 0.300. The van der Waals surface area contributed by atoms with E-state index in [2.05, 4.69) is 15.6 Å². The molecule has 1 atom stereocenters. The molecule has 0 radical (unpaired) electrons. The highest BCUT2D eigenvalue weighted by Gasteiger charge is 2.33. The third-order valence-electron chi connectivity index (χ3n) is 5.58. The molecule has 0 bridgehead atoms. The monoisotopic (exact) mass is 488 g/mol. The fraction of sp³-hybridized carbons (Fsp3) is 0.455. The molecule has 1 amide bonds. The lowest BCUT2D eigenvalue weighted by Gasteiger charge is -2.36. The summed E-state index contributed by atoms with van der Waals surface area (Å²) in [7, 11) is 0. The molecule has 1 aromatic carbocycles. The first-order valence-electron chi connectivity index (χ1n) is 10.4. The largest absolute Gasteiger partial charge is 0.390 e. The number of carbonyl (C=O) groups excluding carboxylic acids is 1. The lowest BCUT2D eigenvalue weighted by molar-refractivity contribution is -0.147. The number of piperidine rings is 1. The average Bonchev–Trinajstić information content (AvgIpc) is 2.73. The topological polar surface area (TPSA) is 57.3 Å². The maximum Gasteiger partial charge on any atom is 0.390 e. The van der Waals surface area contributed by atoms with Gasteiger partial charge in [-0.15, -0.1) is 0 Å². The lowest BCUT2D eigenvalue weighted by atomic mass is 9.95. The number of nitrogens with one attached hydrogen (secondary N) is 2. The second-order valence-electron chi connectivity index (χ2n) is 8.03. The zero-order chi connectivity index (χ0) is 23.3. The summed E-state index contributed by atoms with van der Waals surface area (Å²) < 4.78 is 37.9. The van der Waals surface area contributed by atoms with E-state index in [0.717, 1.165) is 12.8 Å². The third-order valence-corrected chi connectivity index (χ3v) is 6.03. The SMILES string of the molecule is CC(CC(F)(F)F)N1CCC(CNc2ccc(Cl)cc2C(=O)Nc2ccc(Cl)cn2)CC1. The van der Waals surface area contributed by atoms with Gasteiger partial charge in [-0.3, -0.25) is 4.79 Å². The van der Waals surface area contributed by atoms with Crippen molar-refractivity contribution in [1.82, 2.24) is 9.88 Å². The predicted molar refractivity (Wildman–Crippen MR) is 122 cm³/mol. The van der Waals surface area contributed by atoms with Crippen LogP contribution in [0.5, 0.6) is 0 Å². The van der Waals surface area contributed by atoms with Crippen molar-refractivity contribution in [3.63, 3.8) is 0 Å². The Balaban J connectivity index is 1.57. The Kier molecular flexibility index (Phi) is 8.25. The van der Waals surface area contributed by atoms with Crippen molar-refractivity contribution in [2.45, 2.75) is 38.4 Å². The first-order valence-corrected chi connectivity index (χ1v) is 11.1. The minimum atomic E-state index is -4.15. The van der Waals surface area contributed by atoms with Crippen molar-refractivity contribution in [3.8, 4) is 0 Å². The van der Waals surface area contributed by atoms with Crippen LogP contribution in [-0.4, -0.2) is 47.6 Å². The highest BCUT2D eigenvalue weighted by molar-refractivity contribution is 6.31. The Bertz CT molecular complexity index is 916. The van der Waals surface area contributed by atoms with Crippen LogP contribution in [0.4, 0.5) is 24.7 Å². The van der Waals surface area contributed by atoms with Crippen molar-refractivity contribution < 1.29 is 18.0 Å². The number of hydrogen-bond acceptors (Lipinski definition) is 4. The van der Waals surface area contributed by atoms with Crippen LogP contribution in [0.3, 0.4) is 0 Å². The number of halogens is 5. The molecule has 174 valence electrons. The molecule has 1 fully saturated rings. The number of carbonyl (C=O) groups is 1. The van der Waals surface area contributed by atoms with Gasteiger partial charge in [0.1, 0.15) is 5.82 Å². The molecule has 1 unspecified atom stereocenters. The Morgan fingerprint density at radius 2 is 1.88 bits per heavy atom. The van der Waals surface area contributed by atoms with Crippen molar-refractivity contribution in [2.75, 3.05) is 30.3 Å². The standard InChI is InChI=1S/C22H25Cl2F3N4O/c1-14(11-22(25,26)27)31-8-6-15(7-9-31)12-28-19-4-2-16(23)10-18(19)21(32)30-20-5-3-17(24)13-29-20/h2-5,10,13-15,28H,6-9,11-12H2,1H3,(H,29,30,32). The van der Waals surface area contributed by atoms with Crippen LogP contribution < -0.4 is 10.6 Å². The van der Waals surface area contributed by atoms with E-state index in [9.17, 15) is 18.0 Å². The minimum Gasteiger partial charge on any atom is -0.384 e. The van der Waals surface area contributed by atoms with E-state index in [1.807, 2.05) is 4.90 Å². The molecule has 1 aliphatic rings. The van der Waals surface area contributed by atoms with Crippen LogP contribution >= 0.6 is 23.2 Å². The molecule has 0 spiro atoms. The summed E-state index contributed by atoms with van der Waals surface area (Å²) in [5, 5.41) is 6.92. The highest BCUT2D eigenvalue weighted by Crippen LogP contribution is 2.28. The van der Waals surface area contributed by atoms with Crippen LogP contribution in [0.1, 0.15) is 36.5 Å². The van der Waals surface area contributed by atoms with Gasteiger partial charge in [-0.05, 0) is 69.1 Å². The van der Waals surface area contributed by atoms with Gasteiger partial charge in [0, 0.05) is 29.5 Å². The Morgan fingerprint density at radius 1 is 1.19 bits per heavy atom. The Labute approximate surface area is 195 Å². The number of likely N-dealkylation sites (tertiary alicyclic amines) is 1. The molecule has 32 heavy (non-hydrogen) atoms. The Hall–Kier alpha value is -2.03. The summed E-state index contributed by atoms with van der Waals surface area (Å²) in [6.45, 7) is 3.49. The van der Waals surface area contributed by atoms with Crippen LogP contribution in [0.25, 0.3) is 0 Å². The quantitative estimate of drug-likeness (QED) is 0.493. The molecular formula is C22H25Cl2F3N4O. The molecule has 2 heterocycles. The van der Waals surface area contributed by atoms with Crippen LogP contribution in [0.2, 0.25) is 10.0 Å². The molecule has 2 N–H and O–H groups in total.